The zero-order chi connectivity index (χ0) is 22.8. The van der Waals surface area contributed by atoms with E-state index in [1.807, 2.05) is 19.1 Å². The summed E-state index contributed by atoms with van der Waals surface area (Å²) in [6.45, 7) is 1.76. The monoisotopic (exact) mass is 462 g/mol. The Kier molecular flexibility index (Phi) is 6.61. The van der Waals surface area contributed by atoms with Crippen LogP contribution in [0.15, 0.2) is 46.3 Å². The van der Waals surface area contributed by atoms with Gasteiger partial charge in [0.25, 0.3) is 5.91 Å². The predicted molar refractivity (Wildman–Crippen MR) is 117 cm³/mol. The third-order valence-electron chi connectivity index (χ3n) is 4.60. The normalized spacial score (nSPS) is 12.2. The maximum Gasteiger partial charge on any atom is 0.325 e. The molecular formula is C21H22N2O6S2. The van der Waals surface area contributed by atoms with Crippen LogP contribution in [0.2, 0.25) is 0 Å². The minimum absolute atomic E-state index is 0.0198. The maximum atomic E-state index is 12.7. The number of carbonyl (C=O) groups excluding carboxylic acids is 2. The summed E-state index contributed by atoms with van der Waals surface area (Å²) in [5, 5.41) is 0. The summed E-state index contributed by atoms with van der Waals surface area (Å²) in [6, 6.07) is 10.1. The highest BCUT2D eigenvalue weighted by atomic mass is 32.2. The molecule has 0 aliphatic heterocycles. The van der Waals surface area contributed by atoms with Crippen LogP contribution >= 0.6 is 11.3 Å². The number of fused-ring (bicyclic) bond motifs is 1. The lowest BCUT2D eigenvalue weighted by molar-refractivity contribution is -0.141. The second kappa shape index (κ2) is 9.03. The number of benzene rings is 2. The topological polar surface area (TPSA) is 104 Å². The van der Waals surface area contributed by atoms with E-state index in [0.717, 1.165) is 23.2 Å². The number of rotatable bonds is 6. The molecule has 0 N–H and O–H groups in total. The number of hydrogen-bond donors (Lipinski definition) is 0. The largest absolute Gasteiger partial charge is 0.496 e. The maximum absolute atomic E-state index is 12.7. The van der Waals surface area contributed by atoms with Gasteiger partial charge in [0, 0.05) is 11.8 Å². The number of carbonyl (C=O) groups is 2. The molecule has 1 amide bonds. The van der Waals surface area contributed by atoms with Crippen LogP contribution in [0.25, 0.3) is 10.2 Å². The first kappa shape index (κ1) is 22.7. The highest BCUT2D eigenvalue weighted by Crippen LogP contribution is 2.23. The molecule has 0 bridgehead atoms. The van der Waals surface area contributed by atoms with Crippen molar-refractivity contribution in [2.75, 3.05) is 20.5 Å². The summed E-state index contributed by atoms with van der Waals surface area (Å²) in [6.07, 6.45) is 1.14. The lowest BCUT2D eigenvalue weighted by Crippen LogP contribution is -2.22. The Labute approximate surface area is 183 Å². The van der Waals surface area contributed by atoms with Crippen molar-refractivity contribution >= 4 is 43.3 Å². The second-order valence-corrected chi connectivity index (χ2v) is 9.97. The fourth-order valence-corrected chi connectivity index (χ4v) is 4.88. The first-order chi connectivity index (χ1) is 14.6. The van der Waals surface area contributed by atoms with Crippen molar-refractivity contribution in [3.05, 3.63) is 52.3 Å². The molecule has 31 heavy (non-hydrogen) atoms. The van der Waals surface area contributed by atoms with E-state index in [0.29, 0.717) is 21.5 Å². The van der Waals surface area contributed by atoms with Crippen LogP contribution < -0.4 is 9.54 Å². The number of esters is 1. The third kappa shape index (κ3) is 5.20. The molecule has 10 heteroatoms. The van der Waals surface area contributed by atoms with Gasteiger partial charge in [-0.3, -0.25) is 9.59 Å². The lowest BCUT2D eigenvalue weighted by Gasteiger charge is -2.07. The van der Waals surface area contributed by atoms with Crippen molar-refractivity contribution in [2.24, 2.45) is 4.99 Å². The standard InChI is InChI=1S/C21H22N2O6S2/c1-13-5-8-17(28-2)14(9-13)10-19(24)22-21-23(12-20(25)29-3)16-7-6-15(31(4,26)27)11-18(16)30-21/h5-9,11H,10,12H2,1-4H3. The summed E-state index contributed by atoms with van der Waals surface area (Å²) < 4.78 is 36.0. The molecule has 1 aromatic heterocycles. The first-order valence-corrected chi connectivity index (χ1v) is 11.9. The van der Waals surface area contributed by atoms with E-state index in [1.165, 1.54) is 26.4 Å². The number of amides is 1. The molecule has 0 saturated heterocycles. The number of thiazole rings is 1. The SMILES string of the molecule is COC(=O)Cn1c(=NC(=O)Cc2cc(C)ccc2OC)sc2cc(S(C)(=O)=O)ccc21. The predicted octanol–water partition coefficient (Wildman–Crippen LogP) is 2.27. The summed E-state index contributed by atoms with van der Waals surface area (Å²) in [7, 11) is -0.605. The Morgan fingerprint density at radius 2 is 1.87 bits per heavy atom. The smallest absolute Gasteiger partial charge is 0.325 e. The zero-order valence-corrected chi connectivity index (χ0v) is 19.2. The number of aryl methyl sites for hydroxylation is 1. The van der Waals surface area contributed by atoms with Crippen LogP contribution in [0.4, 0.5) is 0 Å². The van der Waals surface area contributed by atoms with Gasteiger partial charge >= 0.3 is 5.97 Å². The number of methoxy groups -OCH3 is 2. The summed E-state index contributed by atoms with van der Waals surface area (Å²) >= 11 is 1.13. The molecule has 2 aromatic carbocycles. The summed E-state index contributed by atoms with van der Waals surface area (Å²) in [5.41, 5.74) is 2.28. The van der Waals surface area contributed by atoms with Crippen LogP contribution in [0, 0.1) is 6.92 Å². The average molecular weight is 463 g/mol. The number of aromatic nitrogens is 1. The molecule has 0 aliphatic rings. The van der Waals surface area contributed by atoms with Crippen molar-refractivity contribution in [1.82, 2.24) is 4.57 Å². The molecule has 0 saturated carbocycles. The van der Waals surface area contributed by atoms with Gasteiger partial charge in [-0.15, -0.1) is 0 Å². The Morgan fingerprint density at radius 3 is 2.52 bits per heavy atom. The lowest BCUT2D eigenvalue weighted by atomic mass is 10.1. The molecular weight excluding hydrogens is 440 g/mol. The molecule has 0 spiro atoms. The van der Waals surface area contributed by atoms with Crippen LogP contribution in [0.3, 0.4) is 0 Å². The Bertz CT molecular complexity index is 1340. The minimum Gasteiger partial charge on any atom is -0.496 e. The van der Waals surface area contributed by atoms with Gasteiger partial charge in [-0.05, 0) is 31.2 Å². The van der Waals surface area contributed by atoms with Gasteiger partial charge in [-0.1, -0.05) is 29.0 Å². The molecule has 0 unspecified atom stereocenters. The van der Waals surface area contributed by atoms with Crippen molar-refractivity contribution in [3.8, 4) is 5.75 Å². The van der Waals surface area contributed by atoms with Crippen molar-refractivity contribution in [3.63, 3.8) is 0 Å². The average Bonchev–Trinajstić information content (AvgIpc) is 3.03. The highest BCUT2D eigenvalue weighted by Gasteiger charge is 2.16. The zero-order valence-electron chi connectivity index (χ0n) is 17.5. The number of sulfone groups is 1. The highest BCUT2D eigenvalue weighted by molar-refractivity contribution is 7.90. The molecule has 0 aliphatic carbocycles. The van der Waals surface area contributed by atoms with E-state index in [2.05, 4.69) is 4.99 Å². The molecule has 0 fully saturated rings. The van der Waals surface area contributed by atoms with Gasteiger partial charge in [0.05, 0.1) is 35.8 Å². The Morgan fingerprint density at radius 1 is 1.13 bits per heavy atom. The van der Waals surface area contributed by atoms with Crippen LogP contribution in [0.5, 0.6) is 5.75 Å². The molecule has 3 aromatic rings. The van der Waals surface area contributed by atoms with E-state index < -0.39 is 21.7 Å². The Balaban J connectivity index is 2.09. The second-order valence-electron chi connectivity index (χ2n) is 6.95. The van der Waals surface area contributed by atoms with E-state index in [4.69, 9.17) is 9.47 Å². The molecule has 8 nitrogen and oxygen atoms in total. The molecule has 1 heterocycles. The van der Waals surface area contributed by atoms with Gasteiger partial charge in [0.15, 0.2) is 14.6 Å². The number of hydrogen-bond acceptors (Lipinski definition) is 7. The molecule has 164 valence electrons. The van der Waals surface area contributed by atoms with Crippen molar-refractivity contribution in [1.29, 1.82) is 0 Å². The van der Waals surface area contributed by atoms with E-state index in [-0.39, 0.29) is 22.7 Å². The summed E-state index contributed by atoms with van der Waals surface area (Å²) in [5.74, 6) is -0.343. The van der Waals surface area contributed by atoms with Crippen molar-refractivity contribution in [2.45, 2.75) is 24.8 Å². The first-order valence-electron chi connectivity index (χ1n) is 9.23. The number of ether oxygens (including phenoxy) is 2. The fraction of sp³-hybridized carbons (Fsp3) is 0.286. The van der Waals surface area contributed by atoms with Crippen LogP contribution in [-0.2, 0) is 37.1 Å². The Hall–Kier alpha value is -2.98. The molecule has 3 rings (SSSR count). The molecule has 0 atom stereocenters. The van der Waals surface area contributed by atoms with E-state index in [1.54, 1.807) is 16.7 Å². The van der Waals surface area contributed by atoms with Crippen LogP contribution in [-0.4, -0.2) is 45.3 Å². The van der Waals surface area contributed by atoms with Crippen LogP contribution in [0.1, 0.15) is 11.1 Å². The van der Waals surface area contributed by atoms with Gasteiger partial charge < -0.3 is 14.0 Å². The van der Waals surface area contributed by atoms with Gasteiger partial charge in [0.1, 0.15) is 12.3 Å². The minimum atomic E-state index is -3.41. The van der Waals surface area contributed by atoms with Gasteiger partial charge in [-0.2, -0.15) is 4.99 Å². The van der Waals surface area contributed by atoms with Gasteiger partial charge in [0.2, 0.25) is 0 Å². The number of nitrogens with zero attached hydrogens (tertiary/aromatic N) is 2. The fourth-order valence-electron chi connectivity index (χ4n) is 3.07. The van der Waals surface area contributed by atoms with Crippen molar-refractivity contribution < 1.29 is 27.5 Å². The third-order valence-corrected chi connectivity index (χ3v) is 6.75. The van der Waals surface area contributed by atoms with Gasteiger partial charge in [-0.25, -0.2) is 8.42 Å². The summed E-state index contributed by atoms with van der Waals surface area (Å²) in [4.78, 5) is 29.3. The molecule has 0 radical (unpaired) electrons. The van der Waals surface area contributed by atoms with E-state index >= 15 is 0 Å². The van der Waals surface area contributed by atoms with E-state index in [9.17, 15) is 18.0 Å². The quantitative estimate of drug-likeness (QED) is 0.521.